The van der Waals surface area contributed by atoms with Crippen LogP contribution in [0.1, 0.15) is 207 Å². The summed E-state index contributed by atoms with van der Waals surface area (Å²) >= 11 is 0. The predicted octanol–water partition coefficient (Wildman–Crippen LogP) is 9.35. The van der Waals surface area contributed by atoms with Crippen molar-refractivity contribution in [3.8, 4) is 0 Å². The average molecular weight is 829 g/mol. The van der Waals surface area contributed by atoms with E-state index in [-0.39, 0.29) is 37.7 Å². The molecule has 0 aromatic rings. The molecule has 0 unspecified atom stereocenters. The van der Waals surface area contributed by atoms with E-state index < -0.39 is 36.4 Å². The van der Waals surface area contributed by atoms with Gasteiger partial charge in [0.25, 0.3) is 0 Å². The van der Waals surface area contributed by atoms with Gasteiger partial charge in [-0.25, -0.2) is 4.79 Å². The minimum atomic E-state index is -2.47. The van der Waals surface area contributed by atoms with Crippen LogP contribution in [0.5, 0.6) is 0 Å². The number of carbonyl (C=O) groups excluding carboxylic acids is 6. The number of unbranched alkanes of at least 4 members (excludes halogenated alkanes) is 18. The average Bonchev–Trinajstić information content (AvgIpc) is 3.19. The molecule has 1 N–H and O–H groups in total. The van der Waals surface area contributed by atoms with E-state index in [4.69, 9.17) is 28.4 Å². The van der Waals surface area contributed by atoms with Gasteiger partial charge < -0.3 is 33.5 Å². The minimum absolute atomic E-state index is 0.0358. The quantitative estimate of drug-likeness (QED) is 0.0350. The van der Waals surface area contributed by atoms with Gasteiger partial charge in [0, 0.05) is 19.3 Å². The highest BCUT2D eigenvalue weighted by Crippen LogP contribution is 2.21. The molecule has 13 heteroatoms. The molecule has 0 rings (SSSR count). The Labute approximate surface area is 349 Å². The number of aliphatic hydroxyl groups is 1. The second kappa shape index (κ2) is 39.3. The molecule has 338 valence electrons. The number of rotatable bonds is 41. The lowest BCUT2D eigenvalue weighted by atomic mass is 9.95. The molecule has 0 aliphatic carbocycles. The van der Waals surface area contributed by atoms with E-state index in [1.165, 1.54) is 0 Å². The van der Waals surface area contributed by atoms with Gasteiger partial charge in [-0.05, 0) is 57.8 Å². The molecule has 0 atom stereocenters. The molecule has 0 aromatic carbocycles. The van der Waals surface area contributed by atoms with Gasteiger partial charge >= 0.3 is 35.8 Å². The van der Waals surface area contributed by atoms with Gasteiger partial charge in [-0.15, -0.1) is 0 Å². The Hall–Kier alpha value is -3.22. The first kappa shape index (κ1) is 54.8. The first-order valence-electron chi connectivity index (χ1n) is 22.8. The van der Waals surface area contributed by atoms with E-state index in [2.05, 4.69) is 20.8 Å². The lowest BCUT2D eigenvalue weighted by Crippen LogP contribution is -2.45. The molecule has 0 aliphatic heterocycles. The fraction of sp³-hybridized carbons (Fsp3) is 0.867. The van der Waals surface area contributed by atoms with Crippen molar-refractivity contribution < 1.29 is 62.3 Å². The number of hydrogen-bond donors (Lipinski definition) is 1. The van der Waals surface area contributed by atoms with Gasteiger partial charge in [-0.3, -0.25) is 24.0 Å². The van der Waals surface area contributed by atoms with Gasteiger partial charge in [-0.2, -0.15) is 0 Å². The zero-order valence-electron chi connectivity index (χ0n) is 36.6. The summed E-state index contributed by atoms with van der Waals surface area (Å²) in [6.45, 7) is 7.79. The molecule has 0 amide bonds. The summed E-state index contributed by atoms with van der Waals surface area (Å²) in [6.07, 6.45) is 19.7. The fourth-order valence-corrected chi connectivity index (χ4v) is 5.99. The highest BCUT2D eigenvalue weighted by molar-refractivity contribution is 5.90. The summed E-state index contributed by atoms with van der Waals surface area (Å²) in [5.41, 5.74) is -2.47. The Bertz CT molecular complexity index is 1020. The molecule has 0 fully saturated rings. The molecule has 0 bridgehead atoms. The molecule has 0 aromatic heterocycles. The van der Waals surface area contributed by atoms with Crippen molar-refractivity contribution in [2.45, 2.75) is 213 Å². The molecule has 0 heterocycles. The number of ether oxygens (including phenoxy) is 6. The SMILES string of the molecule is CCCCCCOC(=O)CCCCCCOC(=O)CC(O)(CC(=O)OCCCCCCC(=O)OCCCCCC)C(=O)OCCCCCCC(=O)OCCCCCC. The summed E-state index contributed by atoms with van der Waals surface area (Å²) in [6, 6.07) is 0. The summed E-state index contributed by atoms with van der Waals surface area (Å²) in [4.78, 5) is 74.2. The molecule has 0 aliphatic rings. The third kappa shape index (κ3) is 34.8. The zero-order chi connectivity index (χ0) is 43.0. The monoisotopic (exact) mass is 829 g/mol. The van der Waals surface area contributed by atoms with Gasteiger partial charge in [0.1, 0.15) is 0 Å². The molecule has 0 saturated heterocycles. The van der Waals surface area contributed by atoms with Gasteiger partial charge in [0.2, 0.25) is 0 Å². The Balaban J connectivity index is 4.68. The smallest absolute Gasteiger partial charge is 0.339 e. The standard InChI is InChI=1S/C45H80O13/c1-4-7-10-22-31-53-39(46)28-19-13-16-25-34-56-42(49)37-45(52,44(51)58-36-27-18-15-21-30-41(48)55-33-24-12-9-6-3)38-43(50)57-35-26-17-14-20-29-40(47)54-32-23-11-8-5-2/h52H,4-38H2,1-3H3. The lowest BCUT2D eigenvalue weighted by Gasteiger charge is -2.24. The van der Waals surface area contributed by atoms with E-state index in [1.807, 2.05) is 0 Å². The topological polar surface area (TPSA) is 178 Å². The summed E-state index contributed by atoms with van der Waals surface area (Å²) in [7, 11) is 0. The Kier molecular flexibility index (Phi) is 37.1. The van der Waals surface area contributed by atoms with Crippen molar-refractivity contribution in [1.82, 2.24) is 0 Å². The van der Waals surface area contributed by atoms with E-state index in [1.54, 1.807) is 0 Å². The first-order valence-corrected chi connectivity index (χ1v) is 22.8. The maximum atomic E-state index is 13.1. The number of carbonyl (C=O) groups is 6. The van der Waals surface area contributed by atoms with E-state index in [0.717, 1.165) is 96.3 Å². The van der Waals surface area contributed by atoms with Crippen molar-refractivity contribution in [2.24, 2.45) is 0 Å². The van der Waals surface area contributed by atoms with Crippen molar-refractivity contribution in [2.75, 3.05) is 39.6 Å². The van der Waals surface area contributed by atoms with E-state index >= 15 is 0 Å². The first-order chi connectivity index (χ1) is 28.1. The summed E-state index contributed by atoms with van der Waals surface area (Å²) < 4.78 is 31.6. The maximum absolute atomic E-state index is 13.1. The van der Waals surface area contributed by atoms with Crippen LogP contribution in [0.25, 0.3) is 0 Å². The van der Waals surface area contributed by atoms with E-state index in [0.29, 0.717) is 96.9 Å². The van der Waals surface area contributed by atoms with Crippen LogP contribution >= 0.6 is 0 Å². The number of esters is 6. The molecule has 0 saturated carbocycles. The second-order valence-electron chi connectivity index (χ2n) is 15.3. The molecule has 58 heavy (non-hydrogen) atoms. The molecular formula is C45H80O13. The van der Waals surface area contributed by atoms with Gasteiger partial charge in [-0.1, -0.05) is 117 Å². The van der Waals surface area contributed by atoms with Crippen molar-refractivity contribution in [1.29, 1.82) is 0 Å². The highest BCUT2D eigenvalue weighted by atomic mass is 16.6. The molecule has 0 radical (unpaired) electrons. The van der Waals surface area contributed by atoms with E-state index in [9.17, 15) is 33.9 Å². The largest absolute Gasteiger partial charge is 0.466 e. The van der Waals surface area contributed by atoms with Gasteiger partial charge in [0.05, 0.1) is 52.5 Å². The Morgan fingerprint density at radius 2 is 0.569 bits per heavy atom. The molecular weight excluding hydrogens is 748 g/mol. The fourth-order valence-electron chi connectivity index (χ4n) is 5.99. The highest BCUT2D eigenvalue weighted by Gasteiger charge is 2.43. The summed E-state index contributed by atoms with van der Waals surface area (Å²) in [5.74, 6) is -3.45. The second-order valence-corrected chi connectivity index (χ2v) is 15.3. The maximum Gasteiger partial charge on any atom is 0.339 e. The van der Waals surface area contributed by atoms with Crippen LogP contribution in [-0.2, 0) is 57.2 Å². The van der Waals surface area contributed by atoms with Crippen molar-refractivity contribution >= 4 is 35.8 Å². The Morgan fingerprint density at radius 3 is 0.862 bits per heavy atom. The van der Waals surface area contributed by atoms with Crippen LogP contribution in [0.4, 0.5) is 0 Å². The predicted molar refractivity (Wildman–Crippen MR) is 222 cm³/mol. The Morgan fingerprint density at radius 1 is 0.328 bits per heavy atom. The lowest BCUT2D eigenvalue weighted by molar-refractivity contribution is -0.178. The van der Waals surface area contributed by atoms with Crippen LogP contribution in [0.2, 0.25) is 0 Å². The molecule has 0 spiro atoms. The van der Waals surface area contributed by atoms with Crippen LogP contribution < -0.4 is 0 Å². The number of hydrogen-bond acceptors (Lipinski definition) is 13. The summed E-state index contributed by atoms with van der Waals surface area (Å²) in [5, 5.41) is 11.3. The van der Waals surface area contributed by atoms with Gasteiger partial charge in [0.15, 0.2) is 5.60 Å². The van der Waals surface area contributed by atoms with Crippen LogP contribution in [0, 0.1) is 0 Å². The minimum Gasteiger partial charge on any atom is -0.466 e. The van der Waals surface area contributed by atoms with Crippen LogP contribution in [0.3, 0.4) is 0 Å². The van der Waals surface area contributed by atoms with Crippen molar-refractivity contribution in [3.63, 3.8) is 0 Å². The third-order valence-corrected chi connectivity index (χ3v) is 9.62. The van der Waals surface area contributed by atoms with Crippen LogP contribution in [-0.4, -0.2) is 86.2 Å². The third-order valence-electron chi connectivity index (χ3n) is 9.62. The molecule has 13 nitrogen and oxygen atoms in total. The van der Waals surface area contributed by atoms with Crippen molar-refractivity contribution in [3.05, 3.63) is 0 Å². The van der Waals surface area contributed by atoms with Crippen LogP contribution in [0.15, 0.2) is 0 Å². The normalized spacial score (nSPS) is 11.2. The zero-order valence-corrected chi connectivity index (χ0v) is 36.6.